The largest absolute Gasteiger partial charge is 0.479 e. The highest BCUT2D eigenvalue weighted by atomic mass is 16.5. The molecular weight excluding hydrogens is 606 g/mol. The van der Waals surface area contributed by atoms with Crippen LogP contribution in [0.1, 0.15) is 115 Å². The number of methoxy groups -OCH3 is 1. The van der Waals surface area contributed by atoms with Gasteiger partial charge in [0.25, 0.3) is 0 Å². The number of ether oxygens (including phenoxy) is 1. The lowest BCUT2D eigenvalue weighted by Gasteiger charge is -2.30. The molecule has 8 heteroatoms. The van der Waals surface area contributed by atoms with Crippen LogP contribution < -0.4 is 5.32 Å². The normalized spacial score (nSPS) is 13.9. The molecule has 0 aliphatic carbocycles. The van der Waals surface area contributed by atoms with Gasteiger partial charge in [-0.25, -0.2) is 9.59 Å². The van der Waals surface area contributed by atoms with Crippen LogP contribution in [0, 0.1) is 12.8 Å². The number of aryl methyl sites for hydroxylation is 1. The zero-order chi connectivity index (χ0) is 35.4. The Kier molecular flexibility index (Phi) is 18.5. The summed E-state index contributed by atoms with van der Waals surface area (Å²) in [6.45, 7) is 5.94. The van der Waals surface area contributed by atoms with Gasteiger partial charge in [0.05, 0.1) is 13.0 Å². The van der Waals surface area contributed by atoms with Crippen LogP contribution in [0.25, 0.3) is 11.1 Å². The number of esters is 1. The lowest BCUT2D eigenvalue weighted by Crippen LogP contribution is -2.54. The number of nitrogens with one attached hydrogen (secondary N) is 1. The first-order valence-corrected chi connectivity index (χ1v) is 17.7. The van der Waals surface area contributed by atoms with Crippen LogP contribution in [0.4, 0.5) is 0 Å². The summed E-state index contributed by atoms with van der Waals surface area (Å²) in [6.07, 6.45) is 14.5. The van der Waals surface area contributed by atoms with E-state index >= 15 is 0 Å². The fourth-order valence-corrected chi connectivity index (χ4v) is 5.87. The summed E-state index contributed by atoms with van der Waals surface area (Å²) in [5.74, 6) is -4.01. The average Bonchev–Trinajstić information content (AvgIpc) is 3.07. The summed E-state index contributed by atoms with van der Waals surface area (Å²) >= 11 is 0. The van der Waals surface area contributed by atoms with E-state index in [-0.39, 0.29) is 12.8 Å². The highest BCUT2D eigenvalue weighted by Crippen LogP contribution is 2.27. The third-order valence-electron chi connectivity index (χ3n) is 8.84. The Morgan fingerprint density at radius 1 is 0.812 bits per heavy atom. The van der Waals surface area contributed by atoms with Crippen LogP contribution in [0.15, 0.2) is 60.7 Å². The number of allylic oxidation sites excluding steroid dienone is 1. The van der Waals surface area contributed by atoms with Gasteiger partial charge in [-0.3, -0.25) is 9.59 Å². The number of rotatable bonds is 24. The summed E-state index contributed by atoms with van der Waals surface area (Å²) in [5, 5.41) is 23.9. The second-order valence-corrected chi connectivity index (χ2v) is 12.9. The number of Topliss-reactive ketones (excluding diaryl/α,β-unsaturated/α-hetero) is 1. The molecule has 0 saturated carbocycles. The predicted octanol–water partition coefficient (Wildman–Crippen LogP) is 7.92. The summed E-state index contributed by atoms with van der Waals surface area (Å²) in [5.41, 5.74) is 1.67. The number of aliphatic carboxylic acids is 1. The zero-order valence-corrected chi connectivity index (χ0v) is 29.5. The highest BCUT2D eigenvalue weighted by Gasteiger charge is 2.46. The monoisotopic (exact) mass is 663 g/mol. The first-order valence-electron chi connectivity index (χ1n) is 17.7. The van der Waals surface area contributed by atoms with Gasteiger partial charge >= 0.3 is 11.9 Å². The number of hydrogen-bond acceptors (Lipinski definition) is 6. The van der Waals surface area contributed by atoms with Gasteiger partial charge < -0.3 is 20.3 Å². The van der Waals surface area contributed by atoms with E-state index in [4.69, 9.17) is 4.74 Å². The lowest BCUT2D eigenvalue weighted by molar-refractivity contribution is -0.167. The molecule has 2 aromatic rings. The fourth-order valence-electron chi connectivity index (χ4n) is 5.87. The molecule has 0 saturated heterocycles. The van der Waals surface area contributed by atoms with Gasteiger partial charge in [0.15, 0.2) is 5.60 Å². The smallest absolute Gasteiger partial charge is 0.336 e. The van der Waals surface area contributed by atoms with Gasteiger partial charge in [0, 0.05) is 19.3 Å². The molecule has 3 atom stereocenters. The summed E-state index contributed by atoms with van der Waals surface area (Å²) < 4.78 is 4.97. The summed E-state index contributed by atoms with van der Waals surface area (Å²) in [6, 6.07) is 14.7. The van der Waals surface area contributed by atoms with Crippen LogP contribution in [-0.2, 0) is 30.3 Å². The van der Waals surface area contributed by atoms with E-state index in [9.17, 15) is 29.4 Å². The number of ketones is 1. The van der Waals surface area contributed by atoms with E-state index in [1.54, 1.807) is 13.0 Å². The minimum atomic E-state index is -2.34. The van der Waals surface area contributed by atoms with Crippen LogP contribution >= 0.6 is 0 Å². The van der Waals surface area contributed by atoms with Gasteiger partial charge in [-0.05, 0) is 55.7 Å². The molecule has 0 unspecified atom stereocenters. The van der Waals surface area contributed by atoms with Gasteiger partial charge in [-0.1, -0.05) is 125 Å². The first kappa shape index (κ1) is 40.4. The number of carboxylic acids is 1. The van der Waals surface area contributed by atoms with Crippen molar-refractivity contribution in [2.45, 2.75) is 129 Å². The van der Waals surface area contributed by atoms with Crippen LogP contribution in [-0.4, -0.2) is 52.6 Å². The highest BCUT2D eigenvalue weighted by molar-refractivity contribution is 5.92. The maximum atomic E-state index is 13.6. The molecule has 0 spiro atoms. The van der Waals surface area contributed by atoms with Crippen molar-refractivity contribution in [3.05, 3.63) is 71.8 Å². The van der Waals surface area contributed by atoms with Crippen molar-refractivity contribution in [2.24, 2.45) is 5.92 Å². The lowest BCUT2D eigenvalue weighted by atomic mass is 9.82. The van der Waals surface area contributed by atoms with Crippen molar-refractivity contribution >= 4 is 23.6 Å². The van der Waals surface area contributed by atoms with Crippen molar-refractivity contribution < 1.29 is 34.1 Å². The molecule has 0 fully saturated rings. The summed E-state index contributed by atoms with van der Waals surface area (Å²) in [7, 11) is 1.23. The maximum absolute atomic E-state index is 13.6. The van der Waals surface area contributed by atoms with E-state index in [2.05, 4.69) is 12.2 Å². The number of carbonyl (C=O) groups is 4. The molecule has 0 aliphatic rings. The standard InChI is InChI=1S/C40H57NO7/c1-5-7-8-11-14-17-34(42)18-15-12-9-10-13-16-19-35(40(47,28-6-2)39(45)46)37(43)41-36(38(44)48-4)29-31-22-26-33(27-23-31)32-24-20-30(3)21-25-32/h16,19-27,35-36,47H,5-15,17-18,28-29H2,1-4H3,(H,41,43)(H,45,46)/b19-16+/t35-,36+,40+/m1/s1. The maximum Gasteiger partial charge on any atom is 0.336 e. The van der Waals surface area contributed by atoms with Crippen molar-refractivity contribution in [3.8, 4) is 11.1 Å². The van der Waals surface area contributed by atoms with Crippen LogP contribution in [0.5, 0.6) is 0 Å². The Morgan fingerprint density at radius 2 is 1.38 bits per heavy atom. The predicted molar refractivity (Wildman–Crippen MR) is 190 cm³/mol. The number of benzene rings is 2. The molecule has 2 aromatic carbocycles. The minimum absolute atomic E-state index is 0.129. The molecule has 1 amide bonds. The fraction of sp³-hybridized carbons (Fsp3) is 0.550. The minimum Gasteiger partial charge on any atom is -0.479 e. The third-order valence-corrected chi connectivity index (χ3v) is 8.84. The molecule has 3 N–H and O–H groups in total. The van der Waals surface area contributed by atoms with Crippen molar-refractivity contribution in [3.63, 3.8) is 0 Å². The number of unbranched alkanes of at least 4 members (excludes halogenated alkanes) is 8. The summed E-state index contributed by atoms with van der Waals surface area (Å²) in [4.78, 5) is 50.8. The van der Waals surface area contributed by atoms with Crippen LogP contribution in [0.3, 0.4) is 0 Å². The number of carboxylic acid groups (broad SMARTS) is 1. The van der Waals surface area contributed by atoms with E-state index < -0.39 is 35.4 Å². The first-order chi connectivity index (χ1) is 23.0. The Balaban J connectivity index is 2.02. The van der Waals surface area contributed by atoms with E-state index in [1.165, 1.54) is 32.4 Å². The molecular formula is C40H57NO7. The number of carbonyl (C=O) groups excluding carboxylic acids is 3. The molecule has 2 rings (SSSR count). The molecule has 0 heterocycles. The number of amides is 1. The van der Waals surface area contributed by atoms with Crippen LogP contribution in [0.2, 0.25) is 0 Å². The number of hydrogen-bond donors (Lipinski definition) is 3. The van der Waals surface area contributed by atoms with Gasteiger partial charge in [0.2, 0.25) is 5.91 Å². The zero-order valence-electron chi connectivity index (χ0n) is 29.5. The van der Waals surface area contributed by atoms with Gasteiger partial charge in [0.1, 0.15) is 11.8 Å². The molecule has 48 heavy (non-hydrogen) atoms. The third kappa shape index (κ3) is 13.8. The Labute approximate surface area is 287 Å². The van der Waals surface area contributed by atoms with E-state index in [1.807, 2.05) is 55.5 Å². The van der Waals surface area contributed by atoms with Crippen molar-refractivity contribution in [1.82, 2.24) is 5.32 Å². The van der Waals surface area contributed by atoms with Gasteiger partial charge in [-0.15, -0.1) is 0 Å². The molecule has 264 valence electrons. The second kappa shape index (κ2) is 22.0. The van der Waals surface area contributed by atoms with E-state index in [0.29, 0.717) is 31.5 Å². The SMILES string of the molecule is CCCCCCCC(=O)CCCCCC/C=C/[C@H](C(=O)N[C@@H](Cc1ccc(-c2ccc(C)cc2)cc1)C(=O)OC)[C@@](O)(CCC)C(=O)O. The molecule has 0 bridgehead atoms. The molecule has 0 radical (unpaired) electrons. The van der Waals surface area contributed by atoms with E-state index in [0.717, 1.165) is 60.8 Å². The van der Waals surface area contributed by atoms with Crippen molar-refractivity contribution in [2.75, 3.05) is 7.11 Å². The van der Waals surface area contributed by atoms with Gasteiger partial charge in [-0.2, -0.15) is 0 Å². The second-order valence-electron chi connectivity index (χ2n) is 12.9. The topological polar surface area (TPSA) is 130 Å². The van der Waals surface area contributed by atoms with Crippen molar-refractivity contribution in [1.29, 1.82) is 0 Å². The quantitative estimate of drug-likeness (QED) is 0.0591. The number of aliphatic hydroxyl groups is 1. The molecule has 0 aromatic heterocycles. The Bertz CT molecular complexity index is 1300. The molecule has 8 nitrogen and oxygen atoms in total. The molecule has 0 aliphatic heterocycles. The average molecular weight is 664 g/mol. The Hall–Kier alpha value is -3.78. The Morgan fingerprint density at radius 3 is 1.92 bits per heavy atom.